The molecular weight excluding hydrogens is 978 g/mol. The summed E-state index contributed by atoms with van der Waals surface area (Å²) >= 11 is 0. The van der Waals surface area contributed by atoms with Crippen LogP contribution in [0.3, 0.4) is 0 Å². The van der Waals surface area contributed by atoms with Crippen LogP contribution >= 0.6 is 0 Å². The van der Waals surface area contributed by atoms with E-state index in [0.717, 1.165) is 48.6 Å². The highest BCUT2D eigenvalue weighted by molar-refractivity contribution is 6.73. The summed E-state index contributed by atoms with van der Waals surface area (Å²) in [7, 11) is 0.805. The van der Waals surface area contributed by atoms with E-state index in [-0.39, 0.29) is 37.9 Å². The van der Waals surface area contributed by atoms with Crippen LogP contribution in [-0.4, -0.2) is 7.28 Å². The van der Waals surface area contributed by atoms with Gasteiger partial charge in [-0.15, -0.1) is 0 Å². The summed E-state index contributed by atoms with van der Waals surface area (Å²) in [6.07, 6.45) is 7.02. The minimum absolute atomic E-state index is 0.0293. The number of aryl methyl sites for hydroxylation is 2. The second-order valence-corrected chi connectivity index (χ2v) is 30.1. The Hall–Kier alpha value is -6.78. The second-order valence-electron chi connectivity index (χ2n) is 30.1. The lowest BCUT2D eigenvalue weighted by atomic mass is 9.55. The molecule has 13 rings (SSSR count). The Bertz CT molecular complexity index is 3830. The van der Waals surface area contributed by atoms with Gasteiger partial charge < -0.3 is 15.1 Å². The van der Waals surface area contributed by atoms with Crippen LogP contribution in [0.15, 0.2) is 146 Å². The first kappa shape index (κ1) is 53.5. The summed E-state index contributed by atoms with van der Waals surface area (Å²) in [6.45, 7) is 38.8. The molecule has 0 bridgehead atoms. The fraction of sp³-hybridized carbons (Fsp3) is 0.377. The van der Waals surface area contributed by atoms with E-state index in [9.17, 15) is 0 Å². The maximum atomic E-state index is 4.26. The number of rotatable bonds is 7. The van der Waals surface area contributed by atoms with E-state index in [1.807, 2.05) is 0 Å². The minimum Gasteiger partial charge on any atom is -0.355 e. The van der Waals surface area contributed by atoms with Crippen LogP contribution in [0.2, 0.25) is 0 Å². The van der Waals surface area contributed by atoms with E-state index in [4.69, 9.17) is 0 Å². The molecule has 0 unspecified atom stereocenters. The van der Waals surface area contributed by atoms with Crippen LogP contribution < -0.4 is 26.0 Å². The molecule has 0 spiro atoms. The van der Waals surface area contributed by atoms with E-state index >= 15 is 0 Å². The predicted molar refractivity (Wildman–Crippen MR) is 350 cm³/mol. The van der Waals surface area contributed by atoms with E-state index < -0.39 is 0 Å². The smallest absolute Gasteiger partial charge is 0.198 e. The van der Waals surface area contributed by atoms with Crippen molar-refractivity contribution in [3.05, 3.63) is 201 Å². The van der Waals surface area contributed by atoms with Crippen molar-refractivity contribution in [1.82, 2.24) is 0 Å². The van der Waals surface area contributed by atoms with Crippen molar-refractivity contribution in [1.29, 1.82) is 0 Å². The molecular formula is C77H86BN3. The molecule has 1 heterocycles. The fourth-order valence-corrected chi connectivity index (χ4v) is 15.4. The van der Waals surface area contributed by atoms with Gasteiger partial charge in [0, 0.05) is 56.5 Å². The molecule has 0 saturated heterocycles. The van der Waals surface area contributed by atoms with Gasteiger partial charge in [-0.2, -0.15) is 0 Å². The summed E-state index contributed by atoms with van der Waals surface area (Å²) in [6, 6.07) is 57.9. The first-order valence-corrected chi connectivity index (χ1v) is 30.6. The Morgan fingerprint density at radius 3 is 1.47 bits per heavy atom. The molecule has 1 aliphatic heterocycles. The molecule has 0 fully saturated rings. The molecule has 0 atom stereocenters. The highest BCUT2D eigenvalue weighted by Crippen LogP contribution is 2.56. The monoisotopic (exact) mass is 1060 g/mol. The fourth-order valence-electron chi connectivity index (χ4n) is 15.4. The van der Waals surface area contributed by atoms with Gasteiger partial charge in [0.15, 0.2) is 7.28 Å². The lowest BCUT2D eigenvalue weighted by molar-refractivity contribution is 0.332. The molecule has 1 N–H and O–H groups in total. The zero-order chi connectivity index (χ0) is 57.1. The van der Waals surface area contributed by atoms with Crippen LogP contribution in [0.4, 0.5) is 45.5 Å². The third kappa shape index (κ3) is 8.65. The van der Waals surface area contributed by atoms with E-state index in [1.165, 1.54) is 132 Å². The molecule has 81 heavy (non-hydrogen) atoms. The Morgan fingerprint density at radius 2 is 0.889 bits per heavy atom. The topological polar surface area (TPSA) is 18.5 Å². The number of nitrogens with one attached hydrogen (secondary N) is 1. The average Bonchev–Trinajstić information content (AvgIpc) is 3.84. The van der Waals surface area contributed by atoms with Crippen molar-refractivity contribution in [2.45, 2.75) is 187 Å². The van der Waals surface area contributed by atoms with Crippen molar-refractivity contribution in [2.75, 3.05) is 15.1 Å². The molecule has 5 aliphatic rings. The number of benzene rings is 8. The van der Waals surface area contributed by atoms with Gasteiger partial charge in [0.05, 0.1) is 0 Å². The molecule has 3 nitrogen and oxygen atoms in total. The van der Waals surface area contributed by atoms with Crippen molar-refractivity contribution in [2.24, 2.45) is 0 Å². The molecule has 4 heteroatoms. The van der Waals surface area contributed by atoms with Gasteiger partial charge in [0.2, 0.25) is 0 Å². The highest BCUT2D eigenvalue weighted by atomic mass is 15.2. The van der Waals surface area contributed by atoms with E-state index in [2.05, 4.69) is 271 Å². The van der Waals surface area contributed by atoms with Crippen molar-refractivity contribution in [3.63, 3.8) is 0 Å². The van der Waals surface area contributed by atoms with Gasteiger partial charge in [-0.1, -0.05) is 180 Å². The molecule has 8 aromatic rings. The van der Waals surface area contributed by atoms with E-state index in [1.54, 1.807) is 0 Å². The molecule has 8 aromatic carbocycles. The third-order valence-electron chi connectivity index (χ3n) is 21.2. The zero-order valence-corrected chi connectivity index (χ0v) is 51.7. The number of hydrogen-bond acceptors (Lipinski definition) is 3. The van der Waals surface area contributed by atoms with Crippen molar-refractivity contribution < 1.29 is 0 Å². The van der Waals surface area contributed by atoms with Crippen LogP contribution in [-0.2, 0) is 37.9 Å². The average molecular weight is 1060 g/mol. The first-order chi connectivity index (χ1) is 38.1. The van der Waals surface area contributed by atoms with Gasteiger partial charge in [0.25, 0.3) is 0 Å². The van der Waals surface area contributed by atoms with Crippen LogP contribution in [0.25, 0.3) is 22.3 Å². The molecule has 0 radical (unpaired) electrons. The van der Waals surface area contributed by atoms with Gasteiger partial charge in [-0.25, -0.2) is 0 Å². The SMILES string of the molecule is Cc1ccc(N(c2ccc(C)cc2)c2cc(-c3cc4c(cc3Nc3ccc5c(c3)C(C)(C)CCC5(C)C)C(C)(C)c3ccccc3-4)c3c(c2)N(c2ccc4c(c2)C(C)(C)CCC4(C)C)c2cc4c(cc2B3)C(C)(C)CCC4(C)C)cc1. The van der Waals surface area contributed by atoms with Gasteiger partial charge in [-0.05, 0) is 230 Å². The Morgan fingerprint density at radius 1 is 0.383 bits per heavy atom. The predicted octanol–water partition coefficient (Wildman–Crippen LogP) is 19.7. The second kappa shape index (κ2) is 18.1. The summed E-state index contributed by atoms with van der Waals surface area (Å²) in [4.78, 5) is 5.23. The normalized spacial score (nSPS) is 19.3. The van der Waals surface area contributed by atoms with Crippen LogP contribution in [0, 0.1) is 13.8 Å². The first-order valence-electron chi connectivity index (χ1n) is 30.6. The highest BCUT2D eigenvalue weighted by Gasteiger charge is 2.44. The van der Waals surface area contributed by atoms with E-state index in [0.29, 0.717) is 0 Å². The van der Waals surface area contributed by atoms with Crippen molar-refractivity contribution >= 4 is 63.7 Å². The molecule has 0 amide bonds. The zero-order valence-electron chi connectivity index (χ0n) is 51.7. The summed E-state index contributed by atoms with van der Waals surface area (Å²) in [5, 5.41) is 4.26. The maximum absolute atomic E-state index is 4.26. The quantitative estimate of drug-likeness (QED) is 0.161. The number of nitrogens with zero attached hydrogens (tertiary/aromatic N) is 2. The summed E-state index contributed by atoms with van der Waals surface area (Å²) in [5.74, 6) is 0. The van der Waals surface area contributed by atoms with Crippen molar-refractivity contribution in [3.8, 4) is 22.3 Å². The number of anilines is 8. The Labute approximate surface area is 486 Å². The largest absolute Gasteiger partial charge is 0.355 e. The summed E-state index contributed by atoms with van der Waals surface area (Å²) < 4.78 is 0. The van der Waals surface area contributed by atoms with Gasteiger partial charge in [-0.3, -0.25) is 0 Å². The molecule has 0 saturated carbocycles. The molecule has 412 valence electrons. The van der Waals surface area contributed by atoms with Gasteiger partial charge >= 0.3 is 0 Å². The third-order valence-corrected chi connectivity index (χ3v) is 21.2. The van der Waals surface area contributed by atoms with Crippen LogP contribution in [0.1, 0.15) is 191 Å². The molecule has 4 aliphatic carbocycles. The van der Waals surface area contributed by atoms with Crippen LogP contribution in [0.5, 0.6) is 0 Å². The lowest BCUT2D eigenvalue weighted by Gasteiger charge is -2.45. The Kier molecular flexibility index (Phi) is 12.0. The minimum atomic E-state index is -0.193. The maximum Gasteiger partial charge on any atom is 0.198 e. The molecule has 0 aromatic heterocycles. The lowest BCUT2D eigenvalue weighted by Crippen LogP contribution is -2.44. The summed E-state index contributed by atoms with van der Waals surface area (Å²) in [5.41, 5.74) is 31.7. The number of fused-ring (bicyclic) bond motifs is 8. The number of hydrogen-bond donors (Lipinski definition) is 1. The standard InChI is InChI=1S/C77H86BN3/c1-47-21-26-50(27-22-47)80(51-28-23-48(2)24-29-51)53-40-57(56-43-55-54-19-17-18-20-58(54)77(15,16)61(55)45-67(56)79-49-25-31-59-62(39-49)73(7,8)35-33-71(59,3)4)70-69(42-53)81(52-30-32-60-63(41-52)74(9,10)36-34-72(60,5)6)68-46-65-64(44-66(68)78-70)75(11,12)37-38-76(65,13)14/h17-32,39-46,78-79H,33-38H2,1-16H3. The Balaban J connectivity index is 1.15. The van der Waals surface area contributed by atoms with Gasteiger partial charge in [0.1, 0.15) is 0 Å².